The third-order valence-corrected chi connectivity index (χ3v) is 2.84. The van der Waals surface area contributed by atoms with Crippen molar-refractivity contribution in [1.82, 2.24) is 15.2 Å². The lowest BCUT2D eigenvalue weighted by atomic mass is 10.3. The smallest absolute Gasteiger partial charge is 0.267 e. The van der Waals surface area contributed by atoms with Gasteiger partial charge in [0.1, 0.15) is 5.69 Å². The maximum atomic E-state index is 11.7. The normalized spacial score (nSPS) is 10.6. The van der Waals surface area contributed by atoms with E-state index in [1.165, 1.54) is 6.07 Å². The molecule has 0 fully saturated rings. The second-order valence-corrected chi connectivity index (χ2v) is 4.07. The zero-order valence-corrected chi connectivity index (χ0v) is 11.0. The van der Waals surface area contributed by atoms with Crippen molar-refractivity contribution >= 4 is 5.91 Å². The molecule has 18 heavy (non-hydrogen) atoms. The summed E-state index contributed by atoms with van der Waals surface area (Å²) in [5, 5.41) is 2.79. The number of nitrogens with one attached hydrogen (secondary N) is 2. The fourth-order valence-electron chi connectivity index (χ4n) is 1.72. The molecule has 5 nitrogen and oxygen atoms in total. The second-order valence-electron chi connectivity index (χ2n) is 4.07. The molecule has 0 radical (unpaired) electrons. The molecule has 0 spiro atoms. The van der Waals surface area contributed by atoms with Gasteiger partial charge in [0.2, 0.25) is 5.56 Å². The lowest BCUT2D eigenvalue weighted by Crippen LogP contribution is -2.30. The van der Waals surface area contributed by atoms with Crippen LogP contribution < -0.4 is 10.9 Å². The van der Waals surface area contributed by atoms with Gasteiger partial charge in [-0.05, 0) is 32.1 Å². The minimum absolute atomic E-state index is 0.229. The Kier molecular flexibility index (Phi) is 6.14. The van der Waals surface area contributed by atoms with Crippen molar-refractivity contribution in [3.8, 4) is 0 Å². The van der Waals surface area contributed by atoms with Crippen molar-refractivity contribution in [3.63, 3.8) is 0 Å². The standard InChI is InChI=1S/C13H21N3O2/c1-3-16(4-2)10-6-9-14-13(18)11-7-5-8-12(17)15-11/h5,7-8H,3-4,6,9-10H2,1-2H3,(H,14,18)(H,15,17). The number of carbonyl (C=O) groups excluding carboxylic acids is 1. The monoisotopic (exact) mass is 251 g/mol. The minimum atomic E-state index is -0.259. The summed E-state index contributed by atoms with van der Waals surface area (Å²) in [6, 6.07) is 4.56. The van der Waals surface area contributed by atoms with Crippen LogP contribution in [0.2, 0.25) is 0 Å². The van der Waals surface area contributed by atoms with Gasteiger partial charge in [0.25, 0.3) is 5.91 Å². The molecule has 1 aromatic heterocycles. The van der Waals surface area contributed by atoms with Crippen LogP contribution in [0.1, 0.15) is 30.8 Å². The molecule has 0 aromatic carbocycles. The van der Waals surface area contributed by atoms with Crippen LogP contribution in [0.25, 0.3) is 0 Å². The van der Waals surface area contributed by atoms with Crippen molar-refractivity contribution < 1.29 is 4.79 Å². The quantitative estimate of drug-likeness (QED) is 0.706. The second kappa shape index (κ2) is 7.66. The Morgan fingerprint density at radius 1 is 1.33 bits per heavy atom. The van der Waals surface area contributed by atoms with Gasteiger partial charge in [0.05, 0.1) is 0 Å². The summed E-state index contributed by atoms with van der Waals surface area (Å²) in [4.78, 5) is 27.5. The van der Waals surface area contributed by atoms with Gasteiger partial charge >= 0.3 is 0 Å². The van der Waals surface area contributed by atoms with E-state index < -0.39 is 0 Å². The number of carbonyl (C=O) groups is 1. The van der Waals surface area contributed by atoms with Gasteiger partial charge in [-0.15, -0.1) is 0 Å². The molecule has 1 aromatic rings. The Morgan fingerprint density at radius 2 is 2.06 bits per heavy atom. The summed E-state index contributed by atoms with van der Waals surface area (Å²) in [6.07, 6.45) is 0.907. The summed E-state index contributed by atoms with van der Waals surface area (Å²) in [5.41, 5.74) is 0.0520. The average molecular weight is 251 g/mol. The highest BCUT2D eigenvalue weighted by Gasteiger charge is 2.05. The molecule has 0 aliphatic heterocycles. The van der Waals surface area contributed by atoms with Gasteiger partial charge < -0.3 is 15.2 Å². The Balaban J connectivity index is 2.32. The minimum Gasteiger partial charge on any atom is -0.351 e. The molecule has 0 aliphatic rings. The van der Waals surface area contributed by atoms with Gasteiger partial charge in [-0.25, -0.2) is 0 Å². The molecule has 0 saturated heterocycles. The van der Waals surface area contributed by atoms with Gasteiger partial charge in [-0.3, -0.25) is 9.59 Å². The molecule has 2 N–H and O–H groups in total. The average Bonchev–Trinajstić information content (AvgIpc) is 2.38. The van der Waals surface area contributed by atoms with Crippen molar-refractivity contribution in [1.29, 1.82) is 0 Å². The molecule has 1 amide bonds. The van der Waals surface area contributed by atoms with Gasteiger partial charge in [0, 0.05) is 12.6 Å². The number of hydrogen-bond acceptors (Lipinski definition) is 3. The van der Waals surface area contributed by atoms with Crippen molar-refractivity contribution in [2.45, 2.75) is 20.3 Å². The van der Waals surface area contributed by atoms with Crippen molar-refractivity contribution in [3.05, 3.63) is 34.2 Å². The topological polar surface area (TPSA) is 65.2 Å². The molecule has 100 valence electrons. The van der Waals surface area contributed by atoms with E-state index in [4.69, 9.17) is 0 Å². The number of nitrogens with zero attached hydrogens (tertiary/aromatic N) is 1. The highest BCUT2D eigenvalue weighted by Crippen LogP contribution is 1.92. The summed E-state index contributed by atoms with van der Waals surface area (Å²) in [6.45, 7) is 7.88. The molecule has 0 atom stereocenters. The number of H-pyrrole nitrogens is 1. The molecule has 5 heteroatoms. The number of aromatic amines is 1. The van der Waals surface area contributed by atoms with E-state index in [9.17, 15) is 9.59 Å². The summed E-state index contributed by atoms with van der Waals surface area (Å²) >= 11 is 0. The molecule has 0 aliphatic carbocycles. The van der Waals surface area contributed by atoms with Gasteiger partial charge in [-0.1, -0.05) is 19.9 Å². The molecule has 0 bridgehead atoms. The van der Waals surface area contributed by atoms with E-state index in [0.717, 1.165) is 26.1 Å². The van der Waals surface area contributed by atoms with E-state index in [-0.39, 0.29) is 11.5 Å². The maximum Gasteiger partial charge on any atom is 0.267 e. The van der Waals surface area contributed by atoms with Crippen LogP contribution in [0.15, 0.2) is 23.0 Å². The molecule has 1 rings (SSSR count). The predicted octanol–water partition coefficient (Wildman–Crippen LogP) is 0.837. The lowest BCUT2D eigenvalue weighted by molar-refractivity contribution is 0.0946. The first-order valence-electron chi connectivity index (χ1n) is 6.37. The first kappa shape index (κ1) is 14.4. The molecule has 1 heterocycles. The molecule has 0 unspecified atom stereocenters. The molecular weight excluding hydrogens is 230 g/mol. The lowest BCUT2D eigenvalue weighted by Gasteiger charge is -2.17. The van der Waals surface area contributed by atoms with Crippen LogP contribution in [-0.2, 0) is 0 Å². The Morgan fingerprint density at radius 3 is 2.67 bits per heavy atom. The number of hydrogen-bond donors (Lipinski definition) is 2. The fraction of sp³-hybridized carbons (Fsp3) is 0.538. The Labute approximate surface area is 107 Å². The molecular formula is C13H21N3O2. The van der Waals surface area contributed by atoms with E-state index >= 15 is 0 Å². The van der Waals surface area contributed by atoms with E-state index in [1.54, 1.807) is 12.1 Å². The first-order valence-corrected chi connectivity index (χ1v) is 6.37. The van der Waals surface area contributed by atoms with E-state index in [1.807, 2.05) is 0 Å². The highest BCUT2D eigenvalue weighted by molar-refractivity contribution is 5.92. The van der Waals surface area contributed by atoms with Crippen LogP contribution in [0.4, 0.5) is 0 Å². The Hall–Kier alpha value is -1.62. The third kappa shape index (κ3) is 4.71. The Bertz CT molecular complexity index is 424. The van der Waals surface area contributed by atoms with Crippen LogP contribution in [0, 0.1) is 0 Å². The van der Waals surface area contributed by atoms with Crippen LogP contribution in [0.5, 0.6) is 0 Å². The third-order valence-electron chi connectivity index (χ3n) is 2.84. The van der Waals surface area contributed by atoms with E-state index in [2.05, 4.69) is 29.0 Å². The zero-order valence-electron chi connectivity index (χ0n) is 11.0. The van der Waals surface area contributed by atoms with Crippen LogP contribution in [-0.4, -0.2) is 42.0 Å². The summed E-state index contributed by atoms with van der Waals surface area (Å²) in [5.74, 6) is -0.229. The highest BCUT2D eigenvalue weighted by atomic mass is 16.2. The summed E-state index contributed by atoms with van der Waals surface area (Å²) < 4.78 is 0. The number of pyridine rings is 1. The summed E-state index contributed by atoms with van der Waals surface area (Å²) in [7, 11) is 0. The maximum absolute atomic E-state index is 11.7. The number of aromatic nitrogens is 1. The van der Waals surface area contributed by atoms with Crippen molar-refractivity contribution in [2.24, 2.45) is 0 Å². The van der Waals surface area contributed by atoms with Crippen LogP contribution in [0.3, 0.4) is 0 Å². The zero-order chi connectivity index (χ0) is 13.4. The predicted molar refractivity (Wildman–Crippen MR) is 71.8 cm³/mol. The van der Waals surface area contributed by atoms with Gasteiger partial charge in [-0.2, -0.15) is 0 Å². The molecule has 0 saturated carbocycles. The largest absolute Gasteiger partial charge is 0.351 e. The number of amides is 1. The van der Waals surface area contributed by atoms with E-state index in [0.29, 0.717) is 12.2 Å². The number of rotatable bonds is 7. The van der Waals surface area contributed by atoms with Gasteiger partial charge in [0.15, 0.2) is 0 Å². The SMILES string of the molecule is CCN(CC)CCCNC(=O)c1cccc(=O)[nH]1. The fourth-order valence-corrected chi connectivity index (χ4v) is 1.72. The van der Waals surface area contributed by atoms with Crippen molar-refractivity contribution in [2.75, 3.05) is 26.2 Å². The van der Waals surface area contributed by atoms with Crippen LogP contribution >= 0.6 is 0 Å². The first-order chi connectivity index (χ1) is 8.67.